The summed E-state index contributed by atoms with van der Waals surface area (Å²) in [7, 11) is 0. The average Bonchev–Trinajstić information content (AvgIpc) is 2.84. The first kappa shape index (κ1) is 11.6. The minimum atomic E-state index is -0.749. The maximum absolute atomic E-state index is 10.9. The molecule has 6 heteroatoms. The van der Waals surface area contributed by atoms with Gasteiger partial charge in [0, 0.05) is 6.07 Å². The van der Waals surface area contributed by atoms with Crippen LogP contribution < -0.4 is 0 Å². The van der Waals surface area contributed by atoms with Gasteiger partial charge in [0.05, 0.1) is 35.5 Å². The maximum Gasteiger partial charge on any atom is 0.277 e. The molecule has 0 aromatic heterocycles. The van der Waals surface area contributed by atoms with Crippen molar-refractivity contribution in [1.29, 1.82) is 0 Å². The lowest BCUT2D eigenvalue weighted by Gasteiger charge is -2.12. The molecule has 1 saturated heterocycles. The summed E-state index contributed by atoms with van der Waals surface area (Å²) < 4.78 is 10.4. The van der Waals surface area contributed by atoms with Crippen LogP contribution in [0.15, 0.2) is 30.5 Å². The van der Waals surface area contributed by atoms with E-state index in [1.807, 2.05) is 0 Å². The van der Waals surface area contributed by atoms with Crippen molar-refractivity contribution in [3.05, 3.63) is 46.2 Å². The molecular formula is C11H11NO5. The van der Waals surface area contributed by atoms with E-state index in [1.54, 1.807) is 18.2 Å². The van der Waals surface area contributed by atoms with E-state index in [0.717, 1.165) is 6.26 Å². The molecule has 0 atom stereocenters. The zero-order chi connectivity index (χ0) is 12.3. The Bertz CT molecular complexity index is 451. The van der Waals surface area contributed by atoms with Crippen LogP contribution >= 0.6 is 0 Å². The monoisotopic (exact) mass is 237 g/mol. The Labute approximate surface area is 97.2 Å². The number of nitro benzene ring substituents is 1. The summed E-state index contributed by atoms with van der Waals surface area (Å²) in [5, 5.41) is 20.1. The van der Waals surface area contributed by atoms with Crippen molar-refractivity contribution in [2.75, 3.05) is 13.2 Å². The van der Waals surface area contributed by atoms with Gasteiger partial charge < -0.3 is 14.6 Å². The fourth-order valence-electron chi connectivity index (χ4n) is 1.67. The zero-order valence-electron chi connectivity index (χ0n) is 8.91. The fourth-order valence-corrected chi connectivity index (χ4v) is 1.67. The van der Waals surface area contributed by atoms with Crippen LogP contribution in [0.25, 0.3) is 5.57 Å². The quantitative estimate of drug-likeness (QED) is 0.493. The number of hydrogen-bond acceptors (Lipinski definition) is 5. The zero-order valence-corrected chi connectivity index (χ0v) is 8.91. The highest BCUT2D eigenvalue weighted by Crippen LogP contribution is 2.30. The van der Waals surface area contributed by atoms with E-state index in [2.05, 4.69) is 0 Å². The molecule has 1 N–H and O–H groups in total. The molecule has 0 amide bonds. The Morgan fingerprint density at radius 2 is 2.06 bits per heavy atom. The van der Waals surface area contributed by atoms with Gasteiger partial charge in [-0.1, -0.05) is 12.1 Å². The van der Waals surface area contributed by atoms with Crippen molar-refractivity contribution in [3.63, 3.8) is 0 Å². The molecule has 6 nitrogen and oxygen atoms in total. The van der Waals surface area contributed by atoms with Crippen molar-refractivity contribution >= 4 is 11.3 Å². The number of rotatable bonds is 3. The number of hydrogen-bond donors (Lipinski definition) is 1. The van der Waals surface area contributed by atoms with Crippen molar-refractivity contribution in [3.8, 4) is 0 Å². The van der Waals surface area contributed by atoms with Crippen molar-refractivity contribution in [2.24, 2.45) is 0 Å². The first-order valence-corrected chi connectivity index (χ1v) is 5.05. The first-order valence-electron chi connectivity index (χ1n) is 5.05. The maximum atomic E-state index is 10.9. The van der Waals surface area contributed by atoms with Gasteiger partial charge in [-0.15, -0.1) is 0 Å². The highest BCUT2D eigenvalue weighted by atomic mass is 16.7. The molecule has 1 fully saturated rings. The van der Waals surface area contributed by atoms with Crippen LogP contribution in [0.2, 0.25) is 0 Å². The molecule has 0 bridgehead atoms. The lowest BCUT2D eigenvalue weighted by molar-refractivity contribution is -0.385. The summed E-state index contributed by atoms with van der Waals surface area (Å²) in [5.74, 6) is 0. The number of nitro groups is 1. The van der Waals surface area contributed by atoms with Crippen LogP contribution in [-0.2, 0) is 9.47 Å². The highest BCUT2D eigenvalue weighted by molar-refractivity contribution is 5.74. The molecule has 90 valence electrons. The second-order valence-electron chi connectivity index (χ2n) is 3.43. The van der Waals surface area contributed by atoms with E-state index in [-0.39, 0.29) is 11.3 Å². The summed E-state index contributed by atoms with van der Waals surface area (Å²) >= 11 is 0. The van der Waals surface area contributed by atoms with Crippen LogP contribution in [-0.4, -0.2) is 29.5 Å². The molecule has 0 radical (unpaired) electrons. The van der Waals surface area contributed by atoms with Gasteiger partial charge in [-0.2, -0.15) is 0 Å². The second-order valence-corrected chi connectivity index (χ2v) is 3.43. The lowest BCUT2D eigenvalue weighted by atomic mass is 10.0. The largest absolute Gasteiger partial charge is 0.515 e. The van der Waals surface area contributed by atoms with Gasteiger partial charge in [0.25, 0.3) is 5.69 Å². The van der Waals surface area contributed by atoms with E-state index in [1.165, 1.54) is 6.07 Å². The number of aliphatic hydroxyl groups excluding tert-OH is 1. The third-order valence-corrected chi connectivity index (χ3v) is 2.43. The number of nitrogens with zero attached hydrogens (tertiary/aromatic N) is 1. The van der Waals surface area contributed by atoms with E-state index in [9.17, 15) is 15.2 Å². The molecule has 1 heterocycles. The van der Waals surface area contributed by atoms with Crippen LogP contribution in [0.3, 0.4) is 0 Å². The molecular weight excluding hydrogens is 226 g/mol. The molecule has 1 aromatic carbocycles. The average molecular weight is 237 g/mol. The molecule has 1 aromatic rings. The van der Waals surface area contributed by atoms with Crippen molar-refractivity contribution < 1.29 is 19.5 Å². The Morgan fingerprint density at radius 1 is 1.41 bits per heavy atom. The molecule has 1 aliphatic rings. The fraction of sp³-hybridized carbons (Fsp3) is 0.273. The molecule has 2 rings (SSSR count). The van der Waals surface area contributed by atoms with Crippen LogP contribution in [0.1, 0.15) is 5.56 Å². The number of para-hydroxylation sites is 1. The van der Waals surface area contributed by atoms with Crippen LogP contribution in [0, 0.1) is 10.1 Å². The number of aliphatic hydroxyl groups is 1. The Hall–Kier alpha value is -1.92. The Balaban J connectivity index is 2.40. The summed E-state index contributed by atoms with van der Waals surface area (Å²) in [5.41, 5.74) is 0.466. The number of benzene rings is 1. The van der Waals surface area contributed by atoms with Gasteiger partial charge >= 0.3 is 0 Å². The standard InChI is InChI=1S/C11H11NO5/c13-7-9(11-16-5-6-17-11)8-3-1-2-4-10(8)12(14)15/h1-4,7,11,13H,5-6H2/b9-7-. The van der Waals surface area contributed by atoms with E-state index in [4.69, 9.17) is 9.47 Å². The smallest absolute Gasteiger partial charge is 0.277 e. The minimum Gasteiger partial charge on any atom is -0.515 e. The SMILES string of the molecule is O=[N+]([O-])c1ccccc1/C(=C/O)C1OCCO1. The van der Waals surface area contributed by atoms with Gasteiger partial charge in [0.2, 0.25) is 0 Å². The highest BCUT2D eigenvalue weighted by Gasteiger charge is 2.27. The molecule has 0 spiro atoms. The summed E-state index contributed by atoms with van der Waals surface area (Å²) in [6.07, 6.45) is 0.0410. The molecule has 0 unspecified atom stereocenters. The van der Waals surface area contributed by atoms with E-state index < -0.39 is 11.2 Å². The van der Waals surface area contributed by atoms with Gasteiger partial charge in [-0.05, 0) is 6.07 Å². The third-order valence-electron chi connectivity index (χ3n) is 2.43. The van der Waals surface area contributed by atoms with Gasteiger partial charge in [-0.25, -0.2) is 0 Å². The summed E-state index contributed by atoms with van der Waals surface area (Å²) in [6.45, 7) is 0.811. The van der Waals surface area contributed by atoms with Gasteiger partial charge in [0.1, 0.15) is 0 Å². The third kappa shape index (κ3) is 2.27. The predicted octanol–water partition coefficient (Wildman–Crippen LogP) is 1.87. The van der Waals surface area contributed by atoms with Gasteiger partial charge in [-0.3, -0.25) is 10.1 Å². The molecule has 1 aliphatic heterocycles. The van der Waals surface area contributed by atoms with Crippen LogP contribution in [0.5, 0.6) is 0 Å². The normalized spacial score (nSPS) is 17.3. The Morgan fingerprint density at radius 3 is 2.65 bits per heavy atom. The topological polar surface area (TPSA) is 81.8 Å². The van der Waals surface area contributed by atoms with E-state index >= 15 is 0 Å². The predicted molar refractivity (Wildman–Crippen MR) is 59.4 cm³/mol. The summed E-state index contributed by atoms with van der Waals surface area (Å²) in [6, 6.07) is 6.13. The van der Waals surface area contributed by atoms with Gasteiger partial charge in [0.15, 0.2) is 6.29 Å². The van der Waals surface area contributed by atoms with Crippen molar-refractivity contribution in [2.45, 2.75) is 6.29 Å². The van der Waals surface area contributed by atoms with E-state index in [0.29, 0.717) is 18.8 Å². The van der Waals surface area contributed by atoms with Crippen LogP contribution in [0.4, 0.5) is 5.69 Å². The lowest BCUT2D eigenvalue weighted by Crippen LogP contribution is -2.11. The number of ether oxygens (including phenoxy) is 2. The Kier molecular flexibility index (Phi) is 3.36. The molecule has 0 aliphatic carbocycles. The minimum absolute atomic E-state index is 0.0908. The molecule has 17 heavy (non-hydrogen) atoms. The molecule has 0 saturated carbocycles. The van der Waals surface area contributed by atoms with Crippen molar-refractivity contribution in [1.82, 2.24) is 0 Å². The second kappa shape index (κ2) is 4.94. The summed E-state index contributed by atoms with van der Waals surface area (Å²) in [4.78, 5) is 10.4. The first-order chi connectivity index (χ1) is 8.24.